The fourth-order valence-corrected chi connectivity index (χ4v) is 3.17. The van der Waals surface area contributed by atoms with Gasteiger partial charge in [0.2, 0.25) is 0 Å². The largest absolute Gasteiger partial charge is 0.497 e. The van der Waals surface area contributed by atoms with E-state index in [-0.39, 0.29) is 12.2 Å². The Bertz CT molecular complexity index is 697. The van der Waals surface area contributed by atoms with E-state index in [0.29, 0.717) is 23.5 Å². The molecule has 0 aliphatic rings. The first-order valence-electron chi connectivity index (χ1n) is 9.61. The second-order valence-electron chi connectivity index (χ2n) is 6.79. The number of rotatable bonds is 12. The number of benzene rings is 2. The predicted octanol–water partition coefficient (Wildman–Crippen LogP) is 4.83. The number of unbranched alkanes of at least 4 members (excludes halogenated alkanes) is 3. The SMILES string of the molecule is COc1ccc(OC)c(C(=O)CC(O)CCCCCCc2ccccc2)c1. The van der Waals surface area contributed by atoms with E-state index in [1.54, 1.807) is 25.3 Å². The van der Waals surface area contributed by atoms with E-state index in [1.807, 2.05) is 6.07 Å². The van der Waals surface area contributed by atoms with Crippen LogP contribution in [0, 0.1) is 0 Å². The van der Waals surface area contributed by atoms with Gasteiger partial charge < -0.3 is 14.6 Å². The first kappa shape index (κ1) is 21.0. The van der Waals surface area contributed by atoms with Gasteiger partial charge in [0.25, 0.3) is 0 Å². The van der Waals surface area contributed by atoms with Crippen molar-refractivity contribution in [3.63, 3.8) is 0 Å². The zero-order chi connectivity index (χ0) is 19.5. The molecule has 1 atom stereocenters. The third kappa shape index (κ3) is 7.06. The number of hydrogen-bond donors (Lipinski definition) is 1. The molecule has 0 radical (unpaired) electrons. The minimum atomic E-state index is -0.623. The van der Waals surface area contributed by atoms with Gasteiger partial charge in [-0.2, -0.15) is 0 Å². The Morgan fingerprint density at radius 1 is 0.963 bits per heavy atom. The lowest BCUT2D eigenvalue weighted by atomic mass is 9.99. The van der Waals surface area contributed by atoms with Crippen LogP contribution in [-0.4, -0.2) is 31.2 Å². The number of ether oxygens (including phenoxy) is 2. The third-order valence-corrected chi connectivity index (χ3v) is 4.72. The molecule has 0 aromatic heterocycles. The topological polar surface area (TPSA) is 55.8 Å². The lowest BCUT2D eigenvalue weighted by molar-refractivity contribution is 0.0860. The zero-order valence-corrected chi connectivity index (χ0v) is 16.3. The molecule has 0 fully saturated rings. The van der Waals surface area contributed by atoms with Gasteiger partial charge in [0, 0.05) is 6.42 Å². The molecule has 4 nitrogen and oxygen atoms in total. The van der Waals surface area contributed by atoms with E-state index in [0.717, 1.165) is 32.1 Å². The number of methoxy groups -OCH3 is 2. The zero-order valence-electron chi connectivity index (χ0n) is 16.3. The van der Waals surface area contributed by atoms with Crippen LogP contribution in [0.1, 0.15) is 54.4 Å². The summed E-state index contributed by atoms with van der Waals surface area (Å²) in [4.78, 5) is 12.5. The highest BCUT2D eigenvalue weighted by molar-refractivity contribution is 5.99. The molecule has 2 rings (SSSR count). The lowest BCUT2D eigenvalue weighted by Gasteiger charge is -2.13. The smallest absolute Gasteiger partial charge is 0.169 e. The molecule has 1 unspecified atom stereocenters. The summed E-state index contributed by atoms with van der Waals surface area (Å²) >= 11 is 0. The van der Waals surface area contributed by atoms with E-state index >= 15 is 0 Å². The lowest BCUT2D eigenvalue weighted by Crippen LogP contribution is -2.14. The maximum Gasteiger partial charge on any atom is 0.169 e. The van der Waals surface area contributed by atoms with Crippen LogP contribution >= 0.6 is 0 Å². The summed E-state index contributed by atoms with van der Waals surface area (Å²) in [5, 5.41) is 10.2. The Labute approximate surface area is 162 Å². The number of hydrogen-bond acceptors (Lipinski definition) is 4. The van der Waals surface area contributed by atoms with Crippen molar-refractivity contribution in [2.45, 2.75) is 51.0 Å². The molecule has 0 aliphatic heterocycles. The first-order chi connectivity index (χ1) is 13.1. The van der Waals surface area contributed by atoms with Crippen LogP contribution in [-0.2, 0) is 6.42 Å². The van der Waals surface area contributed by atoms with Gasteiger partial charge in [0.05, 0.1) is 25.9 Å². The van der Waals surface area contributed by atoms with E-state index < -0.39 is 6.10 Å². The number of carbonyl (C=O) groups is 1. The number of Topliss-reactive ketones (excluding diaryl/α,β-unsaturated/α-hetero) is 1. The molecule has 4 heteroatoms. The normalized spacial score (nSPS) is 11.8. The average Bonchev–Trinajstić information content (AvgIpc) is 2.70. The molecule has 0 heterocycles. The summed E-state index contributed by atoms with van der Waals surface area (Å²) in [6.45, 7) is 0. The minimum absolute atomic E-state index is 0.105. The standard InChI is InChI=1S/C23H30O4/c1-26-20-14-15-23(27-2)21(17-20)22(25)16-19(24)13-9-4-3-6-10-18-11-7-5-8-12-18/h5,7-8,11-12,14-15,17,19,24H,3-4,6,9-10,13,16H2,1-2H3. The molecule has 0 saturated carbocycles. The highest BCUT2D eigenvalue weighted by Gasteiger charge is 2.17. The van der Waals surface area contributed by atoms with Crippen LogP contribution in [0.3, 0.4) is 0 Å². The van der Waals surface area contributed by atoms with Crippen LogP contribution in [0.25, 0.3) is 0 Å². The molecular formula is C23H30O4. The number of aliphatic hydroxyl groups is 1. The van der Waals surface area contributed by atoms with E-state index in [9.17, 15) is 9.90 Å². The second-order valence-corrected chi connectivity index (χ2v) is 6.79. The van der Waals surface area contributed by atoms with Crippen molar-refractivity contribution in [2.24, 2.45) is 0 Å². The first-order valence-corrected chi connectivity index (χ1v) is 9.61. The van der Waals surface area contributed by atoms with Crippen molar-refractivity contribution in [2.75, 3.05) is 14.2 Å². The number of ketones is 1. The van der Waals surface area contributed by atoms with Crippen molar-refractivity contribution in [3.05, 3.63) is 59.7 Å². The van der Waals surface area contributed by atoms with Crippen LogP contribution in [0.5, 0.6) is 11.5 Å². The molecular weight excluding hydrogens is 340 g/mol. The van der Waals surface area contributed by atoms with Crippen LogP contribution in [0.15, 0.2) is 48.5 Å². The molecule has 27 heavy (non-hydrogen) atoms. The van der Waals surface area contributed by atoms with Gasteiger partial charge in [-0.25, -0.2) is 0 Å². The molecule has 2 aromatic rings. The van der Waals surface area contributed by atoms with Crippen molar-refractivity contribution < 1.29 is 19.4 Å². The second kappa shape index (κ2) is 11.4. The molecule has 146 valence electrons. The number of aryl methyl sites for hydroxylation is 1. The van der Waals surface area contributed by atoms with Gasteiger partial charge in [-0.15, -0.1) is 0 Å². The van der Waals surface area contributed by atoms with E-state index in [2.05, 4.69) is 24.3 Å². The van der Waals surface area contributed by atoms with Crippen LogP contribution in [0.2, 0.25) is 0 Å². The van der Waals surface area contributed by atoms with Crippen molar-refractivity contribution >= 4 is 5.78 Å². The van der Waals surface area contributed by atoms with Gasteiger partial charge in [-0.1, -0.05) is 49.6 Å². The van der Waals surface area contributed by atoms with Gasteiger partial charge in [-0.05, 0) is 43.0 Å². The predicted molar refractivity (Wildman–Crippen MR) is 108 cm³/mol. The van der Waals surface area contributed by atoms with Gasteiger partial charge in [0.15, 0.2) is 5.78 Å². The minimum Gasteiger partial charge on any atom is -0.497 e. The highest BCUT2D eigenvalue weighted by Crippen LogP contribution is 2.26. The average molecular weight is 370 g/mol. The van der Waals surface area contributed by atoms with Crippen molar-refractivity contribution in [1.29, 1.82) is 0 Å². The van der Waals surface area contributed by atoms with Crippen molar-refractivity contribution in [1.82, 2.24) is 0 Å². The van der Waals surface area contributed by atoms with Gasteiger partial charge in [-0.3, -0.25) is 4.79 Å². The summed E-state index contributed by atoms with van der Waals surface area (Å²) in [5.41, 5.74) is 1.83. The summed E-state index contributed by atoms with van der Waals surface area (Å²) in [6.07, 6.45) is 5.51. The third-order valence-electron chi connectivity index (χ3n) is 4.72. The quantitative estimate of drug-likeness (QED) is 0.429. The maximum atomic E-state index is 12.5. The Morgan fingerprint density at radius 2 is 1.70 bits per heavy atom. The maximum absolute atomic E-state index is 12.5. The Hall–Kier alpha value is -2.33. The summed E-state index contributed by atoms with van der Waals surface area (Å²) < 4.78 is 10.4. The van der Waals surface area contributed by atoms with Gasteiger partial charge >= 0.3 is 0 Å². The number of aliphatic hydroxyl groups excluding tert-OH is 1. The van der Waals surface area contributed by atoms with Crippen LogP contribution < -0.4 is 9.47 Å². The molecule has 2 aromatic carbocycles. The fraction of sp³-hybridized carbons (Fsp3) is 0.435. The van der Waals surface area contributed by atoms with Crippen molar-refractivity contribution in [3.8, 4) is 11.5 Å². The Kier molecular flexibility index (Phi) is 8.85. The molecule has 1 N–H and O–H groups in total. The summed E-state index contributed by atoms with van der Waals surface area (Å²) in [6, 6.07) is 15.6. The fourth-order valence-electron chi connectivity index (χ4n) is 3.17. The Morgan fingerprint density at radius 3 is 2.41 bits per heavy atom. The Balaban J connectivity index is 1.69. The molecule has 0 spiro atoms. The molecule has 0 bridgehead atoms. The molecule has 0 amide bonds. The van der Waals surface area contributed by atoms with E-state index in [1.165, 1.54) is 12.7 Å². The highest BCUT2D eigenvalue weighted by atomic mass is 16.5. The monoisotopic (exact) mass is 370 g/mol. The number of carbonyl (C=O) groups excluding carboxylic acids is 1. The molecule has 0 aliphatic carbocycles. The summed E-state index contributed by atoms with van der Waals surface area (Å²) in [5.74, 6) is 0.989. The summed E-state index contributed by atoms with van der Waals surface area (Å²) in [7, 11) is 3.09. The van der Waals surface area contributed by atoms with E-state index in [4.69, 9.17) is 9.47 Å². The van der Waals surface area contributed by atoms with Gasteiger partial charge in [0.1, 0.15) is 11.5 Å². The molecule has 0 saturated heterocycles. The van der Waals surface area contributed by atoms with Crippen LogP contribution in [0.4, 0.5) is 0 Å².